The molecule has 0 radical (unpaired) electrons. The Morgan fingerprint density at radius 3 is 2.50 bits per heavy atom. The van der Waals surface area contributed by atoms with Gasteiger partial charge in [0.15, 0.2) is 11.5 Å². The molecular weight excluding hydrogens is 332 g/mol. The molecule has 0 aliphatic heterocycles. The topological polar surface area (TPSA) is 68.9 Å². The highest BCUT2D eigenvalue weighted by Gasteiger charge is 2.18. The molecule has 1 aromatic heterocycles. The van der Waals surface area contributed by atoms with Gasteiger partial charge in [-0.2, -0.15) is 0 Å². The average Bonchev–Trinajstić information content (AvgIpc) is 2.59. The molecule has 0 aliphatic rings. The van der Waals surface area contributed by atoms with Gasteiger partial charge in [-0.25, -0.2) is 0 Å². The van der Waals surface area contributed by atoms with Crippen molar-refractivity contribution >= 4 is 33.5 Å². The third-order valence-corrected chi connectivity index (χ3v) is 4.13. The monoisotopic (exact) mass is 346 g/mol. The second-order valence-electron chi connectivity index (χ2n) is 5.19. The van der Waals surface area contributed by atoms with Gasteiger partial charge < -0.3 is 19.0 Å². The lowest BCUT2D eigenvalue weighted by molar-refractivity contribution is 0.355. The number of fused-ring (bicyclic) bond motifs is 2. The fraction of sp³-hybridized carbons (Fsp3) is 0.167. The molecular formula is C18H15ClO5. The van der Waals surface area contributed by atoms with E-state index in [2.05, 4.69) is 6.58 Å². The molecule has 3 aromatic rings. The Labute approximate surface area is 142 Å². The van der Waals surface area contributed by atoms with Crippen molar-refractivity contribution in [3.05, 3.63) is 51.7 Å². The summed E-state index contributed by atoms with van der Waals surface area (Å²) in [5.74, 6) is 0.746. The minimum Gasteiger partial charge on any atom is -0.506 e. The molecule has 1 heterocycles. The fourth-order valence-corrected chi connectivity index (χ4v) is 2.89. The molecule has 0 fully saturated rings. The zero-order chi connectivity index (χ0) is 17.4. The number of phenols is 1. The van der Waals surface area contributed by atoms with Crippen molar-refractivity contribution < 1.29 is 19.0 Å². The quantitative estimate of drug-likeness (QED) is 0.570. The Kier molecular flexibility index (Phi) is 4.11. The number of aromatic hydroxyl groups is 1. The lowest BCUT2D eigenvalue weighted by Gasteiger charge is -2.11. The van der Waals surface area contributed by atoms with E-state index < -0.39 is 0 Å². The van der Waals surface area contributed by atoms with Crippen LogP contribution in [0.4, 0.5) is 0 Å². The molecule has 0 bridgehead atoms. The maximum atomic E-state index is 12.9. The summed E-state index contributed by atoms with van der Waals surface area (Å²) in [7, 11) is 2.99. The molecule has 0 saturated carbocycles. The van der Waals surface area contributed by atoms with E-state index in [0.717, 1.165) is 0 Å². The molecule has 24 heavy (non-hydrogen) atoms. The van der Waals surface area contributed by atoms with Crippen molar-refractivity contribution in [2.45, 2.75) is 6.42 Å². The number of allylic oxidation sites excluding steroid dienone is 1. The summed E-state index contributed by atoms with van der Waals surface area (Å²) in [6.45, 7) is 3.66. The standard InChI is InChI=1S/C18H15ClO5/c1-4-5-9-17(21)12(19)6-11-16(20)10-7-14(22-2)15(23-3)8-13(10)24-18(9)11/h4,6-8,21H,1,5H2,2-3H3. The van der Waals surface area contributed by atoms with E-state index >= 15 is 0 Å². The molecule has 0 aliphatic carbocycles. The maximum Gasteiger partial charge on any atom is 0.200 e. The van der Waals surface area contributed by atoms with Crippen LogP contribution >= 0.6 is 11.6 Å². The largest absolute Gasteiger partial charge is 0.506 e. The number of hydrogen-bond acceptors (Lipinski definition) is 5. The number of rotatable bonds is 4. The number of ether oxygens (including phenoxy) is 2. The Bertz CT molecular complexity index is 1020. The first-order valence-corrected chi connectivity index (χ1v) is 7.53. The number of benzene rings is 2. The van der Waals surface area contributed by atoms with Crippen LogP contribution in [-0.4, -0.2) is 19.3 Å². The van der Waals surface area contributed by atoms with E-state index in [1.54, 1.807) is 18.2 Å². The molecule has 0 amide bonds. The molecule has 124 valence electrons. The number of halogens is 1. The zero-order valence-corrected chi connectivity index (χ0v) is 13.9. The van der Waals surface area contributed by atoms with Crippen LogP contribution in [0.3, 0.4) is 0 Å². The molecule has 1 N–H and O–H groups in total. The fourth-order valence-electron chi connectivity index (χ4n) is 2.67. The first-order chi connectivity index (χ1) is 11.5. The van der Waals surface area contributed by atoms with Gasteiger partial charge in [0.1, 0.15) is 16.9 Å². The number of phenolic OH excluding ortho intramolecular Hbond substituents is 1. The predicted octanol–water partition coefficient (Wildman–Crippen LogP) is 4.05. The van der Waals surface area contributed by atoms with Crippen LogP contribution in [0.2, 0.25) is 5.02 Å². The summed E-state index contributed by atoms with van der Waals surface area (Å²) in [4.78, 5) is 12.9. The molecule has 0 atom stereocenters. The van der Waals surface area contributed by atoms with Crippen LogP contribution in [-0.2, 0) is 6.42 Å². The minimum atomic E-state index is -0.264. The normalized spacial score (nSPS) is 11.0. The third-order valence-electron chi connectivity index (χ3n) is 3.84. The van der Waals surface area contributed by atoms with Crippen molar-refractivity contribution in [1.82, 2.24) is 0 Å². The number of hydrogen-bond donors (Lipinski definition) is 1. The van der Waals surface area contributed by atoms with Crippen LogP contribution < -0.4 is 14.9 Å². The summed E-state index contributed by atoms with van der Waals surface area (Å²) in [5, 5.41) is 10.9. The van der Waals surface area contributed by atoms with Gasteiger partial charge in [-0.15, -0.1) is 6.58 Å². The van der Waals surface area contributed by atoms with Gasteiger partial charge in [0.2, 0.25) is 5.43 Å². The summed E-state index contributed by atoms with van der Waals surface area (Å²) in [6.07, 6.45) is 1.91. The second-order valence-corrected chi connectivity index (χ2v) is 5.60. The van der Waals surface area contributed by atoms with E-state index in [1.165, 1.54) is 20.3 Å². The Hall–Kier alpha value is -2.66. The van der Waals surface area contributed by atoms with E-state index in [4.69, 9.17) is 25.5 Å². The van der Waals surface area contributed by atoms with Gasteiger partial charge in [-0.3, -0.25) is 4.79 Å². The summed E-state index contributed by atoms with van der Waals surface area (Å²) in [6, 6.07) is 4.55. The highest BCUT2D eigenvalue weighted by Crippen LogP contribution is 2.37. The minimum absolute atomic E-state index is 0.0893. The van der Waals surface area contributed by atoms with E-state index in [1.807, 2.05) is 0 Å². The molecule has 3 rings (SSSR count). The van der Waals surface area contributed by atoms with Crippen LogP contribution in [0, 0.1) is 0 Å². The van der Waals surface area contributed by atoms with Crippen molar-refractivity contribution in [3.8, 4) is 17.2 Å². The second kappa shape index (κ2) is 6.09. The highest BCUT2D eigenvalue weighted by molar-refractivity contribution is 6.33. The van der Waals surface area contributed by atoms with E-state index in [-0.39, 0.29) is 27.2 Å². The van der Waals surface area contributed by atoms with Gasteiger partial charge in [-0.05, 0) is 18.6 Å². The highest BCUT2D eigenvalue weighted by atomic mass is 35.5. The SMILES string of the molecule is C=CCc1c(O)c(Cl)cc2c(=O)c3cc(OC)c(OC)cc3oc12. The molecule has 0 saturated heterocycles. The van der Waals surface area contributed by atoms with Crippen LogP contribution in [0.1, 0.15) is 5.56 Å². The van der Waals surface area contributed by atoms with Crippen LogP contribution in [0.15, 0.2) is 40.1 Å². The van der Waals surface area contributed by atoms with Crippen molar-refractivity contribution in [3.63, 3.8) is 0 Å². The molecule has 2 aromatic carbocycles. The molecule has 6 heteroatoms. The first kappa shape index (κ1) is 16.2. The third kappa shape index (κ3) is 2.37. The Balaban J connectivity index is 2.51. The smallest absolute Gasteiger partial charge is 0.200 e. The van der Waals surface area contributed by atoms with Crippen LogP contribution in [0.5, 0.6) is 17.2 Å². The lowest BCUT2D eigenvalue weighted by atomic mass is 10.0. The first-order valence-electron chi connectivity index (χ1n) is 7.15. The summed E-state index contributed by atoms with van der Waals surface area (Å²) in [5.41, 5.74) is 0.763. The Morgan fingerprint density at radius 2 is 1.88 bits per heavy atom. The predicted molar refractivity (Wildman–Crippen MR) is 93.7 cm³/mol. The average molecular weight is 347 g/mol. The van der Waals surface area contributed by atoms with Crippen LogP contribution in [0.25, 0.3) is 21.9 Å². The van der Waals surface area contributed by atoms with Crippen molar-refractivity contribution in [2.75, 3.05) is 14.2 Å². The van der Waals surface area contributed by atoms with Gasteiger partial charge >= 0.3 is 0 Å². The summed E-state index contributed by atoms with van der Waals surface area (Å²) >= 11 is 6.05. The molecule has 0 spiro atoms. The summed E-state index contributed by atoms with van der Waals surface area (Å²) < 4.78 is 16.4. The van der Waals surface area contributed by atoms with Gasteiger partial charge in [-0.1, -0.05) is 17.7 Å². The van der Waals surface area contributed by atoms with Gasteiger partial charge in [0.05, 0.1) is 30.0 Å². The van der Waals surface area contributed by atoms with Gasteiger partial charge in [0.25, 0.3) is 0 Å². The Morgan fingerprint density at radius 1 is 1.21 bits per heavy atom. The van der Waals surface area contributed by atoms with Crippen molar-refractivity contribution in [2.24, 2.45) is 0 Å². The molecule has 5 nitrogen and oxygen atoms in total. The van der Waals surface area contributed by atoms with Crippen molar-refractivity contribution in [1.29, 1.82) is 0 Å². The van der Waals surface area contributed by atoms with Gasteiger partial charge in [0, 0.05) is 11.6 Å². The number of methoxy groups -OCH3 is 2. The lowest BCUT2D eigenvalue weighted by Crippen LogP contribution is -2.05. The molecule has 0 unspecified atom stereocenters. The maximum absolute atomic E-state index is 12.9. The zero-order valence-electron chi connectivity index (χ0n) is 13.2. The van der Waals surface area contributed by atoms with E-state index in [9.17, 15) is 9.90 Å². The van der Waals surface area contributed by atoms with E-state index in [0.29, 0.717) is 34.5 Å².